The zero-order chi connectivity index (χ0) is 24.9. The van der Waals surface area contributed by atoms with Gasteiger partial charge in [0, 0.05) is 49.0 Å². The summed E-state index contributed by atoms with van der Waals surface area (Å²) in [7, 11) is 0. The highest BCUT2D eigenvalue weighted by atomic mass is 19.1. The summed E-state index contributed by atoms with van der Waals surface area (Å²) >= 11 is 0. The Labute approximate surface area is 210 Å². The highest BCUT2D eigenvalue weighted by molar-refractivity contribution is 5.94. The minimum absolute atomic E-state index is 0.0169. The van der Waals surface area contributed by atoms with Crippen LogP contribution in [0.4, 0.5) is 4.39 Å². The fourth-order valence-corrected chi connectivity index (χ4v) is 5.49. The van der Waals surface area contributed by atoms with Crippen LogP contribution >= 0.6 is 0 Å². The summed E-state index contributed by atoms with van der Waals surface area (Å²) in [6.07, 6.45) is 6.65. The van der Waals surface area contributed by atoms with E-state index in [9.17, 15) is 14.0 Å². The fourth-order valence-electron chi connectivity index (χ4n) is 5.49. The van der Waals surface area contributed by atoms with Gasteiger partial charge in [0.2, 0.25) is 5.91 Å². The van der Waals surface area contributed by atoms with Crippen LogP contribution in [0.15, 0.2) is 73.1 Å². The Morgan fingerprint density at radius 2 is 1.89 bits per heavy atom. The summed E-state index contributed by atoms with van der Waals surface area (Å²) in [5.74, 6) is -0.266. The van der Waals surface area contributed by atoms with Gasteiger partial charge in [0.15, 0.2) is 0 Å². The molecule has 1 aliphatic carbocycles. The predicted octanol–water partition coefficient (Wildman–Crippen LogP) is 3.48. The number of carbonyl (C=O) groups is 2. The first-order valence-corrected chi connectivity index (χ1v) is 12.6. The molecule has 3 atom stereocenters. The Kier molecular flexibility index (Phi) is 7.37. The molecule has 1 aromatic heterocycles. The Balaban J connectivity index is 1.20. The monoisotopic (exact) mass is 486 g/mol. The number of carbonyl (C=O) groups excluding carboxylic acids is 2. The van der Waals surface area contributed by atoms with Crippen molar-refractivity contribution < 1.29 is 14.0 Å². The number of pyridine rings is 1. The number of hydrogen-bond acceptors (Lipinski definition) is 4. The molecule has 0 saturated carbocycles. The van der Waals surface area contributed by atoms with E-state index in [-0.39, 0.29) is 35.6 Å². The first-order valence-electron chi connectivity index (χ1n) is 12.6. The average molecular weight is 487 g/mol. The van der Waals surface area contributed by atoms with Gasteiger partial charge >= 0.3 is 0 Å². The second kappa shape index (κ2) is 11.0. The van der Waals surface area contributed by atoms with Crippen LogP contribution < -0.4 is 10.6 Å². The Hall–Kier alpha value is -3.58. The van der Waals surface area contributed by atoms with E-state index >= 15 is 0 Å². The van der Waals surface area contributed by atoms with E-state index < -0.39 is 0 Å². The number of nitrogens with zero attached hydrogens (tertiary/aromatic N) is 2. The standard InChI is InChI=1S/C29H31FN4O2/c30-23-9-10-25-22(16-23)8-11-27(26(25)15-20-5-4-13-31-17-20)33-28(35)19-34-14-12-24(18-34)32-29(36)21-6-2-1-3-7-21/h1-7,9-10,13,16-17,24,26-27H,8,11-12,14-15,18-19H2,(H,32,36)(H,33,35)/t24-,26+,27-/m0/s1. The van der Waals surface area contributed by atoms with Crippen molar-refractivity contribution in [1.82, 2.24) is 20.5 Å². The SMILES string of the molecule is O=C(CN1CC[C@H](NC(=O)c2ccccc2)C1)N[C@H]1CCc2cc(F)ccc2[C@H]1Cc1cccnc1. The van der Waals surface area contributed by atoms with Gasteiger partial charge in [-0.25, -0.2) is 4.39 Å². The van der Waals surface area contributed by atoms with Crippen LogP contribution in [-0.2, 0) is 17.6 Å². The van der Waals surface area contributed by atoms with E-state index in [4.69, 9.17) is 0 Å². The molecule has 5 rings (SSSR count). The largest absolute Gasteiger partial charge is 0.352 e. The minimum Gasteiger partial charge on any atom is -0.352 e. The lowest BCUT2D eigenvalue weighted by Crippen LogP contribution is -2.47. The lowest BCUT2D eigenvalue weighted by molar-refractivity contribution is -0.123. The maximum Gasteiger partial charge on any atom is 0.251 e. The van der Waals surface area contributed by atoms with Crippen LogP contribution in [0, 0.1) is 5.82 Å². The van der Waals surface area contributed by atoms with Crippen molar-refractivity contribution in [3.8, 4) is 0 Å². The lowest BCUT2D eigenvalue weighted by atomic mass is 9.76. The fraction of sp³-hybridized carbons (Fsp3) is 0.345. The van der Waals surface area contributed by atoms with Crippen molar-refractivity contribution in [1.29, 1.82) is 0 Å². The van der Waals surface area contributed by atoms with E-state index in [1.807, 2.05) is 42.6 Å². The molecule has 2 heterocycles. The van der Waals surface area contributed by atoms with Gasteiger partial charge in [-0.2, -0.15) is 0 Å². The molecule has 0 bridgehead atoms. The maximum atomic E-state index is 13.9. The second-order valence-electron chi connectivity index (χ2n) is 9.79. The molecule has 0 unspecified atom stereocenters. The van der Waals surface area contributed by atoms with Gasteiger partial charge in [-0.3, -0.25) is 19.5 Å². The molecule has 3 aromatic rings. The molecule has 2 N–H and O–H groups in total. The van der Waals surface area contributed by atoms with Crippen LogP contribution in [0.3, 0.4) is 0 Å². The van der Waals surface area contributed by atoms with E-state index in [1.165, 1.54) is 6.07 Å². The summed E-state index contributed by atoms with van der Waals surface area (Å²) in [4.78, 5) is 31.9. The summed E-state index contributed by atoms with van der Waals surface area (Å²) in [6, 6.07) is 18.1. The molecule has 1 aliphatic heterocycles. The van der Waals surface area contributed by atoms with Crippen molar-refractivity contribution in [2.24, 2.45) is 0 Å². The van der Waals surface area contributed by atoms with Crippen LogP contribution in [-0.4, -0.2) is 53.4 Å². The maximum absolute atomic E-state index is 13.9. The zero-order valence-electron chi connectivity index (χ0n) is 20.2. The third-order valence-corrected chi connectivity index (χ3v) is 7.25. The summed E-state index contributed by atoms with van der Waals surface area (Å²) in [6.45, 7) is 1.71. The quantitative estimate of drug-likeness (QED) is 0.536. The number of aromatic nitrogens is 1. The van der Waals surface area contributed by atoms with Gasteiger partial charge in [0.05, 0.1) is 6.54 Å². The Morgan fingerprint density at radius 3 is 2.69 bits per heavy atom. The summed E-state index contributed by atoms with van der Waals surface area (Å²) in [5.41, 5.74) is 3.86. The van der Waals surface area contributed by atoms with Crippen LogP contribution in [0.5, 0.6) is 0 Å². The molecular formula is C29H31FN4O2. The molecule has 2 amide bonds. The number of hydrogen-bond donors (Lipinski definition) is 2. The first kappa shape index (κ1) is 24.1. The van der Waals surface area contributed by atoms with Crippen LogP contribution in [0.2, 0.25) is 0 Å². The highest BCUT2D eigenvalue weighted by Crippen LogP contribution is 2.35. The molecule has 36 heavy (non-hydrogen) atoms. The van der Waals surface area contributed by atoms with Crippen molar-refractivity contribution in [3.05, 3.63) is 101 Å². The number of amides is 2. The third kappa shape index (κ3) is 5.79. The molecule has 0 radical (unpaired) electrons. The van der Waals surface area contributed by atoms with Crippen molar-refractivity contribution in [2.45, 2.75) is 43.7 Å². The summed E-state index contributed by atoms with van der Waals surface area (Å²) < 4.78 is 13.9. The smallest absolute Gasteiger partial charge is 0.251 e. The zero-order valence-corrected chi connectivity index (χ0v) is 20.2. The van der Waals surface area contributed by atoms with Gasteiger partial charge in [0.25, 0.3) is 5.91 Å². The number of likely N-dealkylation sites (tertiary alicyclic amines) is 1. The minimum atomic E-state index is -0.223. The summed E-state index contributed by atoms with van der Waals surface area (Å²) in [5, 5.41) is 6.35. The van der Waals surface area contributed by atoms with Gasteiger partial charge in [-0.15, -0.1) is 0 Å². The number of benzene rings is 2. The number of aryl methyl sites for hydroxylation is 1. The Bertz CT molecular complexity index is 1200. The number of nitrogens with one attached hydrogen (secondary N) is 2. The van der Waals surface area contributed by atoms with E-state index in [0.717, 1.165) is 48.9 Å². The molecule has 2 aliphatic rings. The number of halogens is 1. The molecule has 2 aromatic carbocycles. The number of rotatable bonds is 7. The van der Waals surface area contributed by atoms with Gasteiger partial charge < -0.3 is 10.6 Å². The van der Waals surface area contributed by atoms with Crippen molar-refractivity contribution in [3.63, 3.8) is 0 Å². The average Bonchev–Trinajstić information content (AvgIpc) is 3.32. The van der Waals surface area contributed by atoms with E-state index in [1.54, 1.807) is 24.4 Å². The van der Waals surface area contributed by atoms with Crippen molar-refractivity contribution in [2.75, 3.05) is 19.6 Å². The van der Waals surface area contributed by atoms with E-state index in [0.29, 0.717) is 18.7 Å². The van der Waals surface area contributed by atoms with Gasteiger partial charge in [0.1, 0.15) is 5.82 Å². The molecule has 186 valence electrons. The van der Waals surface area contributed by atoms with Crippen molar-refractivity contribution >= 4 is 11.8 Å². The normalized spacial score (nSPS) is 21.5. The number of fused-ring (bicyclic) bond motifs is 1. The first-order chi connectivity index (χ1) is 17.5. The highest BCUT2D eigenvalue weighted by Gasteiger charge is 2.32. The second-order valence-corrected chi connectivity index (χ2v) is 9.79. The van der Waals surface area contributed by atoms with Crippen LogP contribution in [0.25, 0.3) is 0 Å². The van der Waals surface area contributed by atoms with Gasteiger partial charge in [-0.05, 0) is 72.7 Å². The van der Waals surface area contributed by atoms with Crippen LogP contribution in [0.1, 0.15) is 45.8 Å². The Morgan fingerprint density at radius 1 is 1.03 bits per heavy atom. The molecule has 6 nitrogen and oxygen atoms in total. The molecular weight excluding hydrogens is 455 g/mol. The van der Waals surface area contributed by atoms with Gasteiger partial charge in [-0.1, -0.05) is 30.3 Å². The molecule has 0 spiro atoms. The molecule has 7 heteroatoms. The third-order valence-electron chi connectivity index (χ3n) is 7.25. The predicted molar refractivity (Wildman–Crippen MR) is 136 cm³/mol. The molecule has 1 saturated heterocycles. The molecule has 1 fully saturated rings. The topological polar surface area (TPSA) is 74.3 Å². The lowest BCUT2D eigenvalue weighted by Gasteiger charge is -2.35. The van der Waals surface area contributed by atoms with E-state index in [2.05, 4.69) is 20.5 Å².